The number of pyridine rings is 1. The van der Waals surface area contributed by atoms with Crippen LogP contribution in [0, 0.1) is 23.3 Å². The summed E-state index contributed by atoms with van der Waals surface area (Å²) in [4.78, 5) is 16.5. The van der Waals surface area contributed by atoms with Crippen molar-refractivity contribution >= 4 is 27.3 Å². The SMILES string of the molecule is CC(C)(C)Cc1cc2c3c(nccc3c1)-c1[c-]cc3ccccc3c1C2(C)C.CCC(CC)C(=O)/C=C(\O)C(CC)CC.[Ir]. The summed E-state index contributed by atoms with van der Waals surface area (Å²) >= 11 is 0. The van der Waals surface area contributed by atoms with Crippen LogP contribution in [-0.2, 0) is 36.7 Å². The number of aromatic nitrogens is 1. The topological polar surface area (TPSA) is 50.2 Å². The molecule has 1 heterocycles. The van der Waals surface area contributed by atoms with Crippen molar-refractivity contribution < 1.29 is 30.0 Å². The maximum atomic E-state index is 11.7. The average molecular weight is 769 g/mol. The number of hydrogen-bond acceptors (Lipinski definition) is 3. The third-order valence-electron chi connectivity index (χ3n) is 9.13. The van der Waals surface area contributed by atoms with Crippen LogP contribution in [0.25, 0.3) is 32.8 Å². The van der Waals surface area contributed by atoms with Gasteiger partial charge in [-0.2, -0.15) is 0 Å². The van der Waals surface area contributed by atoms with E-state index in [0.29, 0.717) is 0 Å². The number of benzene rings is 3. The molecule has 3 nitrogen and oxygen atoms in total. The van der Waals surface area contributed by atoms with Crippen LogP contribution < -0.4 is 0 Å². The van der Waals surface area contributed by atoms with Crippen LogP contribution in [0.1, 0.15) is 105 Å². The van der Waals surface area contributed by atoms with E-state index in [9.17, 15) is 9.90 Å². The zero-order chi connectivity index (χ0) is 31.5. The second-order valence-corrected chi connectivity index (χ2v) is 13.9. The molecule has 1 aromatic heterocycles. The Morgan fingerprint density at radius 3 is 2.20 bits per heavy atom. The first-order chi connectivity index (χ1) is 20.4. The maximum Gasteiger partial charge on any atom is 0.162 e. The van der Waals surface area contributed by atoms with Crippen LogP contribution in [0.4, 0.5) is 0 Å². The Morgan fingerprint density at radius 1 is 0.955 bits per heavy atom. The van der Waals surface area contributed by atoms with Gasteiger partial charge in [0.05, 0.1) is 5.76 Å². The average Bonchev–Trinajstić information content (AvgIpc) is 2.96. The Labute approximate surface area is 278 Å². The summed E-state index contributed by atoms with van der Waals surface area (Å²) in [7, 11) is 0. The van der Waals surface area contributed by atoms with Crippen LogP contribution in [0.15, 0.2) is 66.6 Å². The molecule has 0 aliphatic heterocycles. The van der Waals surface area contributed by atoms with E-state index in [0.717, 1.165) is 43.4 Å². The summed E-state index contributed by atoms with van der Waals surface area (Å²) in [6, 6.07) is 21.3. The number of ketones is 1. The zero-order valence-corrected chi connectivity index (χ0v) is 30.5. The van der Waals surface area contributed by atoms with Gasteiger partial charge < -0.3 is 10.1 Å². The zero-order valence-electron chi connectivity index (χ0n) is 28.1. The minimum absolute atomic E-state index is 0. The molecule has 0 atom stereocenters. The van der Waals surface area contributed by atoms with Gasteiger partial charge >= 0.3 is 0 Å². The number of allylic oxidation sites excluding steroid dienone is 2. The normalized spacial score (nSPS) is 13.8. The quantitative estimate of drug-likeness (QED) is 0.110. The molecule has 0 saturated heterocycles. The second-order valence-electron chi connectivity index (χ2n) is 13.9. The number of aliphatic hydroxyl groups is 1. The molecule has 1 aliphatic rings. The van der Waals surface area contributed by atoms with E-state index in [4.69, 9.17) is 4.98 Å². The fraction of sp³-hybridized carbons (Fsp3) is 0.450. The molecule has 1 N–H and O–H groups in total. The van der Waals surface area contributed by atoms with Crippen molar-refractivity contribution in [2.75, 3.05) is 0 Å². The summed E-state index contributed by atoms with van der Waals surface area (Å²) < 4.78 is 0. The molecule has 0 saturated carbocycles. The molecule has 4 heteroatoms. The molecule has 0 amide bonds. The molecule has 0 bridgehead atoms. The fourth-order valence-electron chi connectivity index (χ4n) is 6.73. The molecule has 1 radical (unpaired) electrons. The number of rotatable bonds is 8. The van der Waals surface area contributed by atoms with Gasteiger partial charge in [-0.3, -0.25) is 4.79 Å². The first-order valence-corrected chi connectivity index (χ1v) is 16.2. The summed E-state index contributed by atoms with van der Waals surface area (Å²) in [6.07, 6.45) is 7.93. The fourth-order valence-corrected chi connectivity index (χ4v) is 6.73. The molecule has 0 unspecified atom stereocenters. The van der Waals surface area contributed by atoms with Gasteiger partial charge in [-0.25, -0.2) is 0 Å². The van der Waals surface area contributed by atoms with Crippen LogP contribution in [0.5, 0.6) is 0 Å². The molecule has 0 fully saturated rings. The molecular weight excluding hydrogens is 719 g/mol. The van der Waals surface area contributed by atoms with Crippen LogP contribution in [0.3, 0.4) is 0 Å². The van der Waals surface area contributed by atoms with Crippen molar-refractivity contribution in [3.05, 3.63) is 89.3 Å². The van der Waals surface area contributed by atoms with Gasteiger partial charge in [-0.05, 0) is 76.6 Å². The third-order valence-corrected chi connectivity index (χ3v) is 9.13. The van der Waals surface area contributed by atoms with Crippen molar-refractivity contribution in [2.45, 2.75) is 99.8 Å². The first-order valence-electron chi connectivity index (χ1n) is 16.2. The molecule has 44 heavy (non-hydrogen) atoms. The van der Waals surface area contributed by atoms with Crippen LogP contribution >= 0.6 is 0 Å². The molecular formula is C40H50IrNO2-. The number of nitrogens with zero attached hydrogens (tertiary/aromatic N) is 1. The Bertz CT molecular complexity index is 1640. The number of fused-ring (bicyclic) bond motifs is 4. The second kappa shape index (κ2) is 14.5. The Kier molecular flexibility index (Phi) is 11.8. The van der Waals surface area contributed by atoms with Gasteiger partial charge in [0.2, 0.25) is 0 Å². The number of aliphatic hydroxyl groups excluding tert-OH is 1. The maximum absolute atomic E-state index is 11.7. The predicted octanol–water partition coefficient (Wildman–Crippen LogP) is 11.0. The van der Waals surface area contributed by atoms with E-state index < -0.39 is 0 Å². The van der Waals surface area contributed by atoms with Crippen molar-refractivity contribution in [3.8, 4) is 11.3 Å². The predicted molar refractivity (Wildman–Crippen MR) is 183 cm³/mol. The standard InChI is InChI=1S/C27H26N.C13H24O2.Ir/c1-26(2,3)16-17-14-19-12-13-28-25-21-11-10-18-8-6-7-9-20(18)24(21)27(4,5)22(15-17)23(19)25;1-5-10(6-2)12(14)9-13(15)11(7-3)8-4;/h6-10,12-15H,16H2,1-5H3;9-11,14H,5-8H2,1-4H3;/q-1;;/b;12-9-;. The largest absolute Gasteiger partial charge is 0.512 e. The van der Waals surface area contributed by atoms with Crippen molar-refractivity contribution in [3.63, 3.8) is 0 Å². The molecule has 0 spiro atoms. The number of carbonyl (C=O) groups excluding carboxylic acids is 1. The molecule has 3 aromatic carbocycles. The third kappa shape index (κ3) is 7.35. The van der Waals surface area contributed by atoms with E-state index in [-0.39, 0.29) is 54.3 Å². The first kappa shape index (κ1) is 35.7. The molecule has 4 aromatic rings. The summed E-state index contributed by atoms with van der Waals surface area (Å²) in [5, 5.41) is 14.9. The molecule has 5 rings (SSSR count). The molecule has 237 valence electrons. The number of hydrogen-bond donors (Lipinski definition) is 1. The molecule has 1 aliphatic carbocycles. The smallest absolute Gasteiger partial charge is 0.162 e. The monoisotopic (exact) mass is 769 g/mol. The van der Waals surface area contributed by atoms with E-state index in [1.54, 1.807) is 0 Å². The van der Waals surface area contributed by atoms with Gasteiger partial charge in [-0.15, -0.1) is 23.3 Å². The minimum atomic E-state index is -0.102. The Hall–Kier alpha value is -2.81. The summed E-state index contributed by atoms with van der Waals surface area (Å²) in [5.41, 5.74) is 6.55. The minimum Gasteiger partial charge on any atom is -0.512 e. The van der Waals surface area contributed by atoms with Crippen LogP contribution in [0.2, 0.25) is 0 Å². The number of carbonyl (C=O) groups is 1. The summed E-state index contributed by atoms with van der Waals surface area (Å²) in [5.74, 6) is 0.547. The summed E-state index contributed by atoms with van der Waals surface area (Å²) in [6.45, 7) is 19.7. The van der Waals surface area contributed by atoms with E-state index in [1.165, 1.54) is 44.3 Å². The van der Waals surface area contributed by atoms with E-state index in [2.05, 4.69) is 89.2 Å². The van der Waals surface area contributed by atoms with E-state index >= 15 is 0 Å². The van der Waals surface area contributed by atoms with Gasteiger partial charge in [0, 0.05) is 44.2 Å². The Balaban J connectivity index is 0.000000286. The van der Waals surface area contributed by atoms with Crippen molar-refractivity contribution in [1.29, 1.82) is 0 Å². The van der Waals surface area contributed by atoms with Crippen molar-refractivity contribution in [2.24, 2.45) is 17.3 Å². The van der Waals surface area contributed by atoms with Gasteiger partial charge in [-0.1, -0.05) is 109 Å². The van der Waals surface area contributed by atoms with E-state index in [1.807, 2.05) is 33.9 Å². The van der Waals surface area contributed by atoms with Gasteiger partial charge in [0.25, 0.3) is 0 Å². The Morgan fingerprint density at radius 2 is 1.59 bits per heavy atom. The van der Waals surface area contributed by atoms with Gasteiger partial charge in [0.15, 0.2) is 5.78 Å². The van der Waals surface area contributed by atoms with Crippen LogP contribution in [-0.4, -0.2) is 15.9 Å². The van der Waals surface area contributed by atoms with Crippen molar-refractivity contribution in [1.82, 2.24) is 4.98 Å². The van der Waals surface area contributed by atoms with Gasteiger partial charge in [0.1, 0.15) is 0 Å².